The minimum absolute atomic E-state index is 0.0679. The third-order valence-corrected chi connectivity index (χ3v) is 4.55. The summed E-state index contributed by atoms with van der Waals surface area (Å²) in [7, 11) is 0. The highest BCUT2D eigenvalue weighted by molar-refractivity contribution is 5.74. The fraction of sp³-hybridized carbons (Fsp3) is 0.867. The van der Waals surface area contributed by atoms with Gasteiger partial charge in [0, 0.05) is 13.1 Å². The fourth-order valence-corrected chi connectivity index (χ4v) is 2.44. The number of carboxylic acid groups (broad SMARTS) is 1. The van der Waals surface area contributed by atoms with Crippen LogP contribution in [0.3, 0.4) is 0 Å². The van der Waals surface area contributed by atoms with E-state index >= 15 is 0 Å². The lowest BCUT2D eigenvalue weighted by Gasteiger charge is -2.27. The van der Waals surface area contributed by atoms with Crippen molar-refractivity contribution in [3.8, 4) is 0 Å². The molecular weight excluding hydrogens is 256 g/mol. The highest BCUT2D eigenvalue weighted by Gasteiger charge is 2.32. The van der Waals surface area contributed by atoms with Gasteiger partial charge in [-0.3, -0.25) is 4.79 Å². The van der Waals surface area contributed by atoms with Crippen molar-refractivity contribution in [2.75, 3.05) is 13.1 Å². The second kappa shape index (κ2) is 6.95. The second-order valence-electron chi connectivity index (χ2n) is 6.99. The SMILES string of the molecule is CC(CNC(=O)NCC1CCCC1C(=O)O)C(C)(C)C. The summed E-state index contributed by atoms with van der Waals surface area (Å²) >= 11 is 0. The summed E-state index contributed by atoms with van der Waals surface area (Å²) < 4.78 is 0. The highest BCUT2D eigenvalue weighted by Crippen LogP contribution is 2.31. The smallest absolute Gasteiger partial charge is 0.314 e. The van der Waals surface area contributed by atoms with Crippen LogP contribution in [-0.4, -0.2) is 30.2 Å². The van der Waals surface area contributed by atoms with E-state index in [2.05, 4.69) is 38.3 Å². The van der Waals surface area contributed by atoms with E-state index in [1.807, 2.05) is 0 Å². The van der Waals surface area contributed by atoms with Gasteiger partial charge < -0.3 is 15.7 Å². The molecule has 1 saturated carbocycles. The van der Waals surface area contributed by atoms with Crippen LogP contribution in [0, 0.1) is 23.2 Å². The van der Waals surface area contributed by atoms with Gasteiger partial charge in [0.05, 0.1) is 5.92 Å². The molecule has 3 N–H and O–H groups in total. The summed E-state index contributed by atoms with van der Waals surface area (Å²) in [6.45, 7) is 9.63. The van der Waals surface area contributed by atoms with Crippen molar-refractivity contribution < 1.29 is 14.7 Å². The van der Waals surface area contributed by atoms with Crippen LogP contribution in [0.2, 0.25) is 0 Å². The molecule has 1 fully saturated rings. The lowest BCUT2D eigenvalue weighted by molar-refractivity contribution is -0.142. The summed E-state index contributed by atoms with van der Waals surface area (Å²) in [5, 5.41) is 14.7. The van der Waals surface area contributed by atoms with Crippen LogP contribution < -0.4 is 10.6 Å². The molecule has 1 aliphatic rings. The third-order valence-electron chi connectivity index (χ3n) is 4.55. The van der Waals surface area contributed by atoms with Crippen molar-refractivity contribution in [2.24, 2.45) is 23.2 Å². The molecule has 1 aliphatic carbocycles. The zero-order chi connectivity index (χ0) is 15.3. The zero-order valence-electron chi connectivity index (χ0n) is 13.0. The van der Waals surface area contributed by atoms with Crippen molar-refractivity contribution in [2.45, 2.75) is 47.0 Å². The number of nitrogens with one attached hydrogen (secondary N) is 2. The lowest BCUT2D eigenvalue weighted by atomic mass is 9.82. The molecule has 5 heteroatoms. The lowest BCUT2D eigenvalue weighted by Crippen LogP contribution is -2.42. The number of hydrogen-bond acceptors (Lipinski definition) is 2. The van der Waals surface area contributed by atoms with Crippen LogP contribution in [0.1, 0.15) is 47.0 Å². The average molecular weight is 284 g/mol. The number of carboxylic acids is 1. The van der Waals surface area contributed by atoms with Gasteiger partial charge in [0.25, 0.3) is 0 Å². The molecule has 0 saturated heterocycles. The Hall–Kier alpha value is -1.26. The number of carbonyl (C=O) groups excluding carboxylic acids is 1. The third kappa shape index (κ3) is 5.02. The molecule has 116 valence electrons. The monoisotopic (exact) mass is 284 g/mol. The van der Waals surface area contributed by atoms with Gasteiger partial charge in [-0.05, 0) is 30.1 Å². The van der Waals surface area contributed by atoms with Crippen molar-refractivity contribution >= 4 is 12.0 Å². The number of rotatable bonds is 5. The van der Waals surface area contributed by atoms with Crippen LogP contribution in [0.25, 0.3) is 0 Å². The Morgan fingerprint density at radius 1 is 1.25 bits per heavy atom. The molecule has 1 rings (SSSR count). The van der Waals surface area contributed by atoms with Gasteiger partial charge in [-0.15, -0.1) is 0 Å². The molecule has 3 unspecified atom stereocenters. The first-order chi connectivity index (χ1) is 9.21. The van der Waals surface area contributed by atoms with Crippen LogP contribution >= 0.6 is 0 Å². The first-order valence-corrected chi connectivity index (χ1v) is 7.46. The summed E-state index contributed by atoms with van der Waals surface area (Å²) in [5.41, 5.74) is 0.160. The molecule has 3 atom stereocenters. The summed E-state index contributed by atoms with van der Waals surface area (Å²) in [6, 6.07) is -0.197. The molecule has 2 amide bonds. The van der Waals surface area contributed by atoms with Gasteiger partial charge in [-0.1, -0.05) is 34.1 Å². The Morgan fingerprint density at radius 2 is 1.90 bits per heavy atom. The Labute approximate surface area is 121 Å². The summed E-state index contributed by atoms with van der Waals surface area (Å²) in [5.74, 6) is -0.593. The molecule has 0 aromatic carbocycles. The first kappa shape index (κ1) is 16.8. The maximum absolute atomic E-state index is 11.7. The van der Waals surface area contributed by atoms with E-state index in [1.54, 1.807) is 0 Å². The summed E-state index contributed by atoms with van der Waals surface area (Å²) in [6.07, 6.45) is 2.55. The van der Waals surface area contributed by atoms with E-state index in [-0.39, 0.29) is 23.3 Å². The maximum Gasteiger partial charge on any atom is 0.314 e. The number of hydrogen-bond donors (Lipinski definition) is 3. The minimum Gasteiger partial charge on any atom is -0.481 e. The highest BCUT2D eigenvalue weighted by atomic mass is 16.4. The average Bonchev–Trinajstić information content (AvgIpc) is 2.80. The van der Waals surface area contributed by atoms with Gasteiger partial charge >= 0.3 is 12.0 Å². The van der Waals surface area contributed by atoms with Crippen molar-refractivity contribution in [3.63, 3.8) is 0 Å². The largest absolute Gasteiger partial charge is 0.481 e. The van der Waals surface area contributed by atoms with Gasteiger partial charge in [0.2, 0.25) is 0 Å². The first-order valence-electron chi connectivity index (χ1n) is 7.46. The minimum atomic E-state index is -0.740. The van der Waals surface area contributed by atoms with E-state index in [0.29, 0.717) is 19.0 Å². The van der Waals surface area contributed by atoms with Crippen LogP contribution in [0.5, 0.6) is 0 Å². The van der Waals surface area contributed by atoms with E-state index in [1.165, 1.54) is 0 Å². The Bertz CT molecular complexity index is 350. The number of amides is 2. The topological polar surface area (TPSA) is 78.4 Å². The normalized spacial score (nSPS) is 24.2. The van der Waals surface area contributed by atoms with E-state index in [0.717, 1.165) is 19.3 Å². The maximum atomic E-state index is 11.7. The molecule has 0 aromatic heterocycles. The van der Waals surface area contributed by atoms with E-state index < -0.39 is 5.97 Å². The molecule has 20 heavy (non-hydrogen) atoms. The number of carbonyl (C=O) groups is 2. The number of urea groups is 1. The van der Waals surface area contributed by atoms with Crippen molar-refractivity contribution in [1.29, 1.82) is 0 Å². The fourth-order valence-electron chi connectivity index (χ4n) is 2.44. The second-order valence-corrected chi connectivity index (χ2v) is 6.99. The van der Waals surface area contributed by atoms with Crippen LogP contribution in [-0.2, 0) is 4.79 Å². The van der Waals surface area contributed by atoms with Gasteiger partial charge in [0.1, 0.15) is 0 Å². The molecule has 0 bridgehead atoms. The zero-order valence-corrected chi connectivity index (χ0v) is 13.0. The molecule has 0 aromatic rings. The van der Waals surface area contributed by atoms with Crippen molar-refractivity contribution in [1.82, 2.24) is 10.6 Å². The molecule has 0 spiro atoms. The molecule has 0 heterocycles. The summed E-state index contributed by atoms with van der Waals surface area (Å²) in [4.78, 5) is 22.8. The number of aliphatic carboxylic acids is 1. The van der Waals surface area contributed by atoms with Gasteiger partial charge in [-0.2, -0.15) is 0 Å². The molecule has 5 nitrogen and oxygen atoms in total. The van der Waals surface area contributed by atoms with Gasteiger partial charge in [0.15, 0.2) is 0 Å². The molecule has 0 radical (unpaired) electrons. The van der Waals surface area contributed by atoms with E-state index in [9.17, 15) is 9.59 Å². The van der Waals surface area contributed by atoms with Crippen molar-refractivity contribution in [3.05, 3.63) is 0 Å². The molecule has 0 aliphatic heterocycles. The van der Waals surface area contributed by atoms with E-state index in [4.69, 9.17) is 5.11 Å². The Morgan fingerprint density at radius 3 is 2.45 bits per heavy atom. The molecular formula is C15H28N2O3. The standard InChI is InChI=1S/C15H28N2O3/c1-10(15(2,3)4)8-16-14(20)17-9-11-6-5-7-12(11)13(18)19/h10-12H,5-9H2,1-4H3,(H,18,19)(H2,16,17,20). The Kier molecular flexibility index (Phi) is 5.84. The quantitative estimate of drug-likeness (QED) is 0.725. The predicted octanol–water partition coefficient (Wildman–Crippen LogP) is 2.47. The van der Waals surface area contributed by atoms with Crippen LogP contribution in [0.15, 0.2) is 0 Å². The van der Waals surface area contributed by atoms with Gasteiger partial charge in [-0.25, -0.2) is 4.79 Å². The predicted molar refractivity (Wildman–Crippen MR) is 78.5 cm³/mol. The Balaban J connectivity index is 2.28. The van der Waals surface area contributed by atoms with Crippen LogP contribution in [0.4, 0.5) is 4.79 Å².